The van der Waals surface area contributed by atoms with Crippen LogP contribution in [0.15, 0.2) is 168 Å². The number of fused-ring (bicyclic) bond motifs is 7. The average molecular weight is 642 g/mol. The Bertz CT molecular complexity index is 2840. The molecule has 0 aliphatic rings. The quantitative estimate of drug-likeness (QED) is 0.187. The van der Waals surface area contributed by atoms with Crippen molar-refractivity contribution in [2.75, 3.05) is 0 Å². The second-order valence-corrected chi connectivity index (χ2v) is 12.3. The van der Waals surface area contributed by atoms with Crippen molar-refractivity contribution in [1.82, 2.24) is 24.5 Å². The van der Waals surface area contributed by atoms with Crippen LogP contribution in [0.1, 0.15) is 0 Å². The molecular formula is C44H27N5O. The van der Waals surface area contributed by atoms with Crippen molar-refractivity contribution in [2.45, 2.75) is 0 Å². The molecule has 6 nitrogen and oxygen atoms in total. The molecule has 10 rings (SSSR count). The molecule has 4 aromatic heterocycles. The molecule has 4 heterocycles. The van der Waals surface area contributed by atoms with Crippen LogP contribution in [0.4, 0.5) is 0 Å². The van der Waals surface area contributed by atoms with Crippen LogP contribution < -0.4 is 0 Å². The minimum Gasteiger partial charge on any atom is -0.453 e. The van der Waals surface area contributed by atoms with Crippen LogP contribution in [0, 0.1) is 0 Å². The fourth-order valence-electron chi connectivity index (χ4n) is 7.00. The summed E-state index contributed by atoms with van der Waals surface area (Å²) in [6, 6.07) is 53.9. The van der Waals surface area contributed by atoms with E-state index in [-0.39, 0.29) is 0 Å². The Kier molecular flexibility index (Phi) is 6.39. The largest absolute Gasteiger partial charge is 0.453 e. The predicted octanol–water partition coefficient (Wildman–Crippen LogP) is 10.9. The minimum absolute atomic E-state index is 0.498. The van der Waals surface area contributed by atoms with Crippen LogP contribution in [0.2, 0.25) is 0 Å². The third kappa shape index (κ3) is 4.50. The Labute approximate surface area is 287 Å². The molecule has 0 bridgehead atoms. The van der Waals surface area contributed by atoms with Crippen molar-refractivity contribution in [3.05, 3.63) is 164 Å². The standard InChI is InChI=1S/C44H27N5O/c1-3-12-28(13-4-1)29-21-23-30(24-22-29)42-46-43(48-44(47-42)37-19-9-10-27-45-37)36-18-11-17-34-35-26-25-33-32-16-7-8-20-38(32)49(31-14-5-2-6-15-31)39(33)41(35)50-40(34)36/h1-27H. The number of rotatable bonds is 5. The molecule has 50 heavy (non-hydrogen) atoms. The first-order valence-corrected chi connectivity index (χ1v) is 16.6. The summed E-state index contributed by atoms with van der Waals surface area (Å²) in [6.45, 7) is 0. The van der Waals surface area contributed by atoms with Gasteiger partial charge in [0.05, 0.1) is 16.6 Å². The van der Waals surface area contributed by atoms with E-state index in [1.807, 2.05) is 54.6 Å². The molecule has 0 unspecified atom stereocenters. The van der Waals surface area contributed by atoms with Crippen LogP contribution in [0.3, 0.4) is 0 Å². The summed E-state index contributed by atoms with van der Waals surface area (Å²) in [5.41, 5.74) is 9.40. The lowest BCUT2D eigenvalue weighted by atomic mass is 10.0. The fraction of sp³-hybridized carbons (Fsp3) is 0. The van der Waals surface area contributed by atoms with Crippen molar-refractivity contribution in [3.8, 4) is 51.1 Å². The molecule has 10 aromatic rings. The zero-order valence-corrected chi connectivity index (χ0v) is 26.7. The molecule has 0 fully saturated rings. The molecule has 0 N–H and O–H groups in total. The summed E-state index contributed by atoms with van der Waals surface area (Å²) < 4.78 is 9.26. The van der Waals surface area contributed by atoms with E-state index >= 15 is 0 Å². The highest BCUT2D eigenvalue weighted by Crippen LogP contribution is 2.42. The van der Waals surface area contributed by atoms with E-state index in [4.69, 9.17) is 19.4 Å². The molecule has 0 saturated heterocycles. The van der Waals surface area contributed by atoms with Crippen molar-refractivity contribution < 1.29 is 4.42 Å². The van der Waals surface area contributed by atoms with Gasteiger partial charge in [0.25, 0.3) is 0 Å². The SMILES string of the molecule is c1ccc(-c2ccc(-c3nc(-c4ccccn4)nc(-c4cccc5c4oc4c5ccc5c6ccccc6n(-c6ccccc6)c54)n3)cc2)cc1. The van der Waals surface area contributed by atoms with Gasteiger partial charge >= 0.3 is 0 Å². The van der Waals surface area contributed by atoms with Crippen LogP contribution in [0.25, 0.3) is 94.9 Å². The smallest absolute Gasteiger partial charge is 0.182 e. The lowest BCUT2D eigenvalue weighted by Crippen LogP contribution is -2.01. The molecule has 0 atom stereocenters. The summed E-state index contributed by atoms with van der Waals surface area (Å²) in [6.07, 6.45) is 1.75. The molecule has 0 aliphatic heterocycles. The van der Waals surface area contributed by atoms with E-state index in [1.54, 1.807) is 6.20 Å². The average Bonchev–Trinajstić information content (AvgIpc) is 3.75. The molecule has 0 aliphatic carbocycles. The maximum atomic E-state index is 6.96. The predicted molar refractivity (Wildman–Crippen MR) is 201 cm³/mol. The monoisotopic (exact) mass is 641 g/mol. The molecular weight excluding hydrogens is 615 g/mol. The summed E-state index contributed by atoms with van der Waals surface area (Å²) in [7, 11) is 0. The van der Waals surface area contributed by atoms with E-state index < -0.39 is 0 Å². The van der Waals surface area contributed by atoms with Gasteiger partial charge in [0.2, 0.25) is 0 Å². The van der Waals surface area contributed by atoms with E-state index in [9.17, 15) is 0 Å². The van der Waals surface area contributed by atoms with Gasteiger partial charge in [-0.1, -0.05) is 115 Å². The molecule has 6 aromatic carbocycles. The van der Waals surface area contributed by atoms with Gasteiger partial charge in [0, 0.05) is 39.0 Å². The number of nitrogens with zero attached hydrogens (tertiary/aromatic N) is 5. The van der Waals surface area contributed by atoms with E-state index in [2.05, 4.69) is 113 Å². The maximum absolute atomic E-state index is 6.96. The summed E-state index contributed by atoms with van der Waals surface area (Å²) in [4.78, 5) is 19.6. The number of furan rings is 1. The van der Waals surface area contributed by atoms with Gasteiger partial charge in [-0.25, -0.2) is 15.0 Å². The minimum atomic E-state index is 0.498. The third-order valence-electron chi connectivity index (χ3n) is 9.33. The number of para-hydroxylation sites is 3. The molecule has 6 heteroatoms. The normalized spacial score (nSPS) is 11.6. The van der Waals surface area contributed by atoms with Gasteiger partial charge in [0.1, 0.15) is 11.3 Å². The van der Waals surface area contributed by atoms with Gasteiger partial charge in [-0.15, -0.1) is 0 Å². The molecule has 0 amide bonds. The molecule has 0 saturated carbocycles. The van der Waals surface area contributed by atoms with Gasteiger partial charge in [0.15, 0.2) is 23.1 Å². The van der Waals surface area contributed by atoms with Crippen LogP contribution in [0.5, 0.6) is 0 Å². The molecule has 234 valence electrons. The highest BCUT2D eigenvalue weighted by atomic mass is 16.3. The van der Waals surface area contributed by atoms with Gasteiger partial charge < -0.3 is 8.98 Å². The Hall–Kier alpha value is -6.92. The number of aromatic nitrogens is 5. The summed E-state index contributed by atoms with van der Waals surface area (Å²) in [5, 5.41) is 4.34. The number of hydrogen-bond donors (Lipinski definition) is 0. The highest BCUT2D eigenvalue weighted by Gasteiger charge is 2.22. The molecule has 0 radical (unpaired) electrons. The lowest BCUT2D eigenvalue weighted by Gasteiger charge is -2.09. The number of pyridine rings is 1. The van der Waals surface area contributed by atoms with Crippen molar-refractivity contribution in [2.24, 2.45) is 0 Å². The first-order chi connectivity index (χ1) is 24.8. The first kappa shape index (κ1) is 28.1. The second-order valence-electron chi connectivity index (χ2n) is 12.3. The highest BCUT2D eigenvalue weighted by molar-refractivity contribution is 6.22. The number of benzene rings is 6. The van der Waals surface area contributed by atoms with Crippen molar-refractivity contribution >= 4 is 43.7 Å². The van der Waals surface area contributed by atoms with Gasteiger partial charge in [-0.05, 0) is 53.6 Å². The topological polar surface area (TPSA) is 69.6 Å². The maximum Gasteiger partial charge on any atom is 0.182 e. The summed E-state index contributed by atoms with van der Waals surface area (Å²) >= 11 is 0. The fourth-order valence-corrected chi connectivity index (χ4v) is 7.00. The Morgan fingerprint density at radius 2 is 1.06 bits per heavy atom. The molecule has 0 spiro atoms. The van der Waals surface area contributed by atoms with Crippen molar-refractivity contribution in [3.63, 3.8) is 0 Å². The second kappa shape index (κ2) is 11.4. The summed E-state index contributed by atoms with van der Waals surface area (Å²) in [5.74, 6) is 1.58. The van der Waals surface area contributed by atoms with Crippen LogP contribution in [-0.4, -0.2) is 24.5 Å². The lowest BCUT2D eigenvalue weighted by molar-refractivity contribution is 0.671. The van der Waals surface area contributed by atoms with E-state index in [1.165, 1.54) is 5.39 Å². The first-order valence-electron chi connectivity index (χ1n) is 16.6. The number of hydrogen-bond acceptors (Lipinski definition) is 5. The Balaban J connectivity index is 1.21. The van der Waals surface area contributed by atoms with E-state index in [0.29, 0.717) is 23.2 Å². The zero-order valence-electron chi connectivity index (χ0n) is 26.7. The van der Waals surface area contributed by atoms with Crippen molar-refractivity contribution in [1.29, 1.82) is 0 Å². The van der Waals surface area contributed by atoms with E-state index in [0.717, 1.165) is 66.3 Å². The van der Waals surface area contributed by atoms with Gasteiger partial charge in [-0.3, -0.25) is 4.98 Å². The van der Waals surface area contributed by atoms with Gasteiger partial charge in [-0.2, -0.15) is 0 Å². The Morgan fingerprint density at radius 1 is 0.420 bits per heavy atom. The Morgan fingerprint density at radius 3 is 1.88 bits per heavy atom. The van der Waals surface area contributed by atoms with Crippen LogP contribution in [-0.2, 0) is 0 Å². The zero-order chi connectivity index (χ0) is 33.0. The third-order valence-corrected chi connectivity index (χ3v) is 9.33. The van der Waals surface area contributed by atoms with Crippen LogP contribution >= 0.6 is 0 Å².